The van der Waals surface area contributed by atoms with Gasteiger partial charge in [-0.05, 0) is 36.4 Å². The number of rotatable bonds is 4. The molecule has 1 aromatic heterocycles. The number of hydrogen-bond donors (Lipinski definition) is 1. The third-order valence-corrected chi connectivity index (χ3v) is 5.81. The zero-order valence-corrected chi connectivity index (χ0v) is 16.8. The van der Waals surface area contributed by atoms with Crippen LogP contribution in [0, 0.1) is 6.92 Å². The molecule has 1 aliphatic heterocycles. The highest BCUT2D eigenvalue weighted by atomic mass is 16.3. The molecule has 2 amide bonds. The number of hydrogen-bond acceptors (Lipinski definition) is 3. The maximum absolute atomic E-state index is 12.8. The number of nitrogens with zero attached hydrogens (tertiary/aromatic N) is 1. The van der Waals surface area contributed by atoms with Crippen molar-refractivity contribution in [1.29, 1.82) is 0 Å². The average Bonchev–Trinajstić information content (AvgIpc) is 3.36. The number of carbonyl (C=O) groups is 2. The number of amides is 2. The third kappa shape index (κ3) is 3.12. The second-order valence-corrected chi connectivity index (χ2v) is 7.72. The van der Waals surface area contributed by atoms with E-state index in [-0.39, 0.29) is 11.8 Å². The fourth-order valence-electron chi connectivity index (χ4n) is 4.14. The van der Waals surface area contributed by atoms with E-state index < -0.39 is 0 Å². The van der Waals surface area contributed by atoms with E-state index in [0.29, 0.717) is 18.7 Å². The van der Waals surface area contributed by atoms with Crippen molar-refractivity contribution in [1.82, 2.24) is 5.32 Å². The normalized spacial score (nSPS) is 14.0. The lowest BCUT2D eigenvalue weighted by Crippen LogP contribution is -2.24. The van der Waals surface area contributed by atoms with Crippen molar-refractivity contribution in [3.63, 3.8) is 0 Å². The molecule has 30 heavy (non-hydrogen) atoms. The minimum Gasteiger partial charge on any atom is -0.450 e. The van der Waals surface area contributed by atoms with Crippen LogP contribution in [0.2, 0.25) is 0 Å². The highest BCUT2D eigenvalue weighted by Gasteiger charge is 2.22. The zero-order valence-electron chi connectivity index (χ0n) is 16.8. The van der Waals surface area contributed by atoms with Gasteiger partial charge in [0.1, 0.15) is 5.58 Å². The monoisotopic (exact) mass is 398 g/mol. The molecule has 0 radical (unpaired) electrons. The molecule has 1 N–H and O–H groups in total. The molecular weight excluding hydrogens is 376 g/mol. The van der Waals surface area contributed by atoms with Crippen molar-refractivity contribution in [3.8, 4) is 0 Å². The van der Waals surface area contributed by atoms with Crippen LogP contribution in [-0.2, 0) is 11.3 Å². The maximum atomic E-state index is 12.8. The van der Waals surface area contributed by atoms with Gasteiger partial charge in [-0.2, -0.15) is 0 Å². The lowest BCUT2D eigenvalue weighted by atomic mass is 10.1. The molecule has 150 valence electrons. The largest absolute Gasteiger partial charge is 0.450 e. The van der Waals surface area contributed by atoms with Gasteiger partial charge in [0.2, 0.25) is 5.91 Å². The SMILES string of the molecule is Cc1c(C(=O)NCc2ccc(N3CCCC3=O)cc2)oc2c1ccc1ccccc12. The summed E-state index contributed by atoms with van der Waals surface area (Å²) in [7, 11) is 0. The Kier molecular flexibility index (Phi) is 4.51. The van der Waals surface area contributed by atoms with E-state index in [4.69, 9.17) is 4.42 Å². The first-order valence-electron chi connectivity index (χ1n) is 10.2. The number of aryl methyl sites for hydroxylation is 1. The Hall–Kier alpha value is -3.60. The van der Waals surface area contributed by atoms with Crippen molar-refractivity contribution in [3.05, 3.63) is 77.6 Å². The average molecular weight is 398 g/mol. The van der Waals surface area contributed by atoms with Gasteiger partial charge >= 0.3 is 0 Å². The number of fused-ring (bicyclic) bond motifs is 3. The summed E-state index contributed by atoms with van der Waals surface area (Å²) in [5.74, 6) is 0.288. The number of nitrogens with one attached hydrogen (secondary N) is 1. The number of anilines is 1. The van der Waals surface area contributed by atoms with Crippen LogP contribution < -0.4 is 10.2 Å². The van der Waals surface area contributed by atoms with Crippen LogP contribution >= 0.6 is 0 Å². The molecule has 0 saturated carbocycles. The van der Waals surface area contributed by atoms with E-state index >= 15 is 0 Å². The Morgan fingerprint density at radius 1 is 1.03 bits per heavy atom. The van der Waals surface area contributed by atoms with Crippen LogP contribution in [0.15, 0.2) is 65.1 Å². The highest BCUT2D eigenvalue weighted by Crippen LogP contribution is 2.31. The Bertz CT molecular complexity index is 1270. The predicted octanol–water partition coefficient (Wildman–Crippen LogP) is 4.95. The van der Waals surface area contributed by atoms with E-state index in [2.05, 4.69) is 11.4 Å². The molecule has 5 heteroatoms. The molecule has 1 saturated heterocycles. The smallest absolute Gasteiger partial charge is 0.287 e. The minimum absolute atomic E-state index is 0.170. The van der Waals surface area contributed by atoms with E-state index in [1.807, 2.05) is 66.4 Å². The first kappa shape index (κ1) is 18.4. The minimum atomic E-state index is -0.230. The first-order valence-corrected chi connectivity index (χ1v) is 10.2. The molecule has 0 bridgehead atoms. The second kappa shape index (κ2) is 7.34. The summed E-state index contributed by atoms with van der Waals surface area (Å²) in [6, 6.07) is 19.8. The second-order valence-electron chi connectivity index (χ2n) is 7.72. The Morgan fingerprint density at radius 3 is 2.60 bits per heavy atom. The maximum Gasteiger partial charge on any atom is 0.287 e. The molecule has 0 aliphatic carbocycles. The molecule has 1 fully saturated rings. The standard InChI is InChI=1S/C25H22N2O3/c1-16-20-13-10-18-5-2-3-6-21(18)24(20)30-23(16)25(29)26-15-17-8-11-19(12-9-17)27-14-4-7-22(27)28/h2-3,5-6,8-13H,4,7,14-15H2,1H3,(H,26,29). The summed E-state index contributed by atoms with van der Waals surface area (Å²) >= 11 is 0. The fourth-order valence-corrected chi connectivity index (χ4v) is 4.14. The van der Waals surface area contributed by atoms with E-state index in [0.717, 1.165) is 51.5 Å². The number of furan rings is 1. The van der Waals surface area contributed by atoms with Crippen molar-refractivity contribution >= 4 is 39.2 Å². The van der Waals surface area contributed by atoms with Crippen LogP contribution in [0.1, 0.15) is 34.5 Å². The summed E-state index contributed by atoms with van der Waals surface area (Å²) < 4.78 is 6.00. The lowest BCUT2D eigenvalue weighted by Gasteiger charge is -2.16. The topological polar surface area (TPSA) is 62.6 Å². The van der Waals surface area contributed by atoms with Crippen molar-refractivity contribution < 1.29 is 14.0 Å². The van der Waals surface area contributed by atoms with Gasteiger partial charge in [-0.3, -0.25) is 9.59 Å². The number of carbonyl (C=O) groups excluding carboxylic acids is 2. The van der Waals surface area contributed by atoms with E-state index in [1.165, 1.54) is 0 Å². The molecular formula is C25H22N2O3. The summed E-state index contributed by atoms with van der Waals surface area (Å²) in [6.07, 6.45) is 1.52. The summed E-state index contributed by atoms with van der Waals surface area (Å²) in [4.78, 5) is 26.5. The summed E-state index contributed by atoms with van der Waals surface area (Å²) in [6.45, 7) is 3.08. The lowest BCUT2D eigenvalue weighted by molar-refractivity contribution is -0.117. The van der Waals surface area contributed by atoms with Gasteiger partial charge in [0.05, 0.1) is 0 Å². The Morgan fingerprint density at radius 2 is 1.83 bits per heavy atom. The van der Waals surface area contributed by atoms with Crippen LogP contribution in [0.3, 0.4) is 0 Å². The van der Waals surface area contributed by atoms with Crippen LogP contribution in [0.25, 0.3) is 21.7 Å². The molecule has 4 aromatic rings. The molecule has 0 unspecified atom stereocenters. The van der Waals surface area contributed by atoms with Crippen molar-refractivity contribution in [2.75, 3.05) is 11.4 Å². The zero-order chi connectivity index (χ0) is 20.7. The fraction of sp³-hybridized carbons (Fsp3) is 0.200. The molecule has 1 aliphatic rings. The quantitative estimate of drug-likeness (QED) is 0.529. The van der Waals surface area contributed by atoms with Crippen LogP contribution in [0.4, 0.5) is 5.69 Å². The Labute approximate surface area is 174 Å². The summed E-state index contributed by atoms with van der Waals surface area (Å²) in [5.41, 5.74) is 3.47. The van der Waals surface area contributed by atoms with E-state index in [9.17, 15) is 9.59 Å². The van der Waals surface area contributed by atoms with Gasteiger partial charge in [-0.1, -0.05) is 48.5 Å². The summed E-state index contributed by atoms with van der Waals surface area (Å²) in [5, 5.41) is 6.00. The predicted molar refractivity (Wildman–Crippen MR) is 118 cm³/mol. The van der Waals surface area contributed by atoms with Gasteiger partial charge in [0.25, 0.3) is 5.91 Å². The van der Waals surface area contributed by atoms with Gasteiger partial charge in [-0.25, -0.2) is 0 Å². The van der Waals surface area contributed by atoms with Crippen molar-refractivity contribution in [2.24, 2.45) is 0 Å². The van der Waals surface area contributed by atoms with Gasteiger partial charge < -0.3 is 14.6 Å². The van der Waals surface area contributed by atoms with Crippen molar-refractivity contribution in [2.45, 2.75) is 26.3 Å². The highest BCUT2D eigenvalue weighted by molar-refractivity contribution is 6.08. The molecule has 5 rings (SSSR count). The molecule has 2 heterocycles. The molecule has 0 spiro atoms. The van der Waals surface area contributed by atoms with Crippen LogP contribution in [-0.4, -0.2) is 18.4 Å². The molecule has 5 nitrogen and oxygen atoms in total. The van der Waals surface area contributed by atoms with Crippen LogP contribution in [0.5, 0.6) is 0 Å². The first-order chi connectivity index (χ1) is 14.6. The van der Waals surface area contributed by atoms with E-state index in [1.54, 1.807) is 0 Å². The van der Waals surface area contributed by atoms with Gasteiger partial charge in [0.15, 0.2) is 5.76 Å². The van der Waals surface area contributed by atoms with Gasteiger partial charge in [-0.15, -0.1) is 0 Å². The Balaban J connectivity index is 1.34. The number of benzene rings is 3. The molecule has 0 atom stereocenters. The molecule has 3 aromatic carbocycles. The van der Waals surface area contributed by atoms with Gasteiger partial charge in [0, 0.05) is 41.5 Å². The third-order valence-electron chi connectivity index (χ3n) is 5.81.